The summed E-state index contributed by atoms with van der Waals surface area (Å²) in [5.41, 5.74) is 1.75. The highest BCUT2D eigenvalue weighted by Gasteiger charge is 2.11. The predicted molar refractivity (Wildman–Crippen MR) is 79.2 cm³/mol. The molecule has 0 saturated carbocycles. The van der Waals surface area contributed by atoms with Crippen LogP contribution in [0.3, 0.4) is 0 Å². The Labute approximate surface area is 121 Å². The first-order valence-corrected chi connectivity index (χ1v) is 8.27. The smallest absolute Gasteiger partial charge is 0.238 e. The van der Waals surface area contributed by atoms with Gasteiger partial charge in [-0.15, -0.1) is 11.3 Å². The molecule has 0 aliphatic heterocycles. The molecule has 1 aromatic heterocycles. The first kappa shape index (κ1) is 14.3. The maximum atomic E-state index is 11.3. The number of halogens is 1. The van der Waals surface area contributed by atoms with Gasteiger partial charge in [0.25, 0.3) is 0 Å². The van der Waals surface area contributed by atoms with Crippen molar-refractivity contribution in [3.8, 4) is 0 Å². The average Bonchev–Trinajstić information content (AvgIpc) is 2.72. The van der Waals surface area contributed by atoms with Crippen LogP contribution in [0, 0.1) is 6.92 Å². The lowest BCUT2D eigenvalue weighted by Crippen LogP contribution is -2.12. The minimum Gasteiger partial charge on any atom is -0.379 e. The summed E-state index contributed by atoms with van der Waals surface area (Å²) in [7, 11) is -3.72. The maximum absolute atomic E-state index is 11.3. The molecule has 0 saturated heterocycles. The van der Waals surface area contributed by atoms with Gasteiger partial charge in [0, 0.05) is 11.4 Å². The number of benzene rings is 1. The van der Waals surface area contributed by atoms with Gasteiger partial charge >= 0.3 is 0 Å². The molecule has 7 heteroatoms. The largest absolute Gasteiger partial charge is 0.379 e. The Morgan fingerprint density at radius 2 is 2.11 bits per heavy atom. The van der Waals surface area contributed by atoms with Gasteiger partial charge in [0.15, 0.2) is 0 Å². The lowest BCUT2D eigenvalue weighted by molar-refractivity contribution is 0.598. The number of nitrogens with one attached hydrogen (secondary N) is 1. The van der Waals surface area contributed by atoms with E-state index in [1.807, 2.05) is 18.4 Å². The number of hydrogen-bond donors (Lipinski definition) is 2. The highest BCUT2D eigenvalue weighted by molar-refractivity contribution is 7.89. The highest BCUT2D eigenvalue weighted by Crippen LogP contribution is 2.26. The summed E-state index contributed by atoms with van der Waals surface area (Å²) in [5.74, 6) is 0. The Kier molecular flexibility index (Phi) is 4.15. The van der Waals surface area contributed by atoms with E-state index in [2.05, 4.69) is 5.32 Å². The normalized spacial score (nSPS) is 11.5. The Balaban J connectivity index is 2.23. The van der Waals surface area contributed by atoms with Gasteiger partial charge in [-0.3, -0.25) is 0 Å². The SMILES string of the molecule is Cc1ccsc1CNc1cc(S(N)(=O)=O)ccc1Cl. The molecule has 0 radical (unpaired) electrons. The molecule has 0 spiro atoms. The molecule has 0 fully saturated rings. The van der Waals surface area contributed by atoms with Crippen molar-refractivity contribution in [2.24, 2.45) is 5.14 Å². The third-order valence-corrected chi connectivity index (χ3v) is 4.94. The van der Waals surface area contributed by atoms with Gasteiger partial charge < -0.3 is 5.32 Å². The Morgan fingerprint density at radius 1 is 1.37 bits per heavy atom. The Hall–Kier alpha value is -1.08. The zero-order valence-corrected chi connectivity index (χ0v) is 12.6. The van der Waals surface area contributed by atoms with Gasteiger partial charge in [0.2, 0.25) is 10.0 Å². The van der Waals surface area contributed by atoms with Crippen LogP contribution < -0.4 is 10.5 Å². The average molecular weight is 317 g/mol. The molecular weight excluding hydrogens is 304 g/mol. The number of aryl methyl sites for hydroxylation is 1. The van der Waals surface area contributed by atoms with Crippen LogP contribution in [0.15, 0.2) is 34.5 Å². The number of primary sulfonamides is 1. The number of anilines is 1. The fourth-order valence-corrected chi connectivity index (χ4v) is 3.15. The maximum Gasteiger partial charge on any atom is 0.238 e. The van der Waals surface area contributed by atoms with E-state index in [0.29, 0.717) is 17.3 Å². The van der Waals surface area contributed by atoms with Crippen LogP contribution in [0.2, 0.25) is 5.02 Å². The molecule has 0 amide bonds. The zero-order valence-electron chi connectivity index (χ0n) is 10.2. The molecule has 2 aromatic rings. The number of rotatable bonds is 4. The van der Waals surface area contributed by atoms with Crippen LogP contribution in [0.1, 0.15) is 10.4 Å². The highest BCUT2D eigenvalue weighted by atomic mass is 35.5. The van der Waals surface area contributed by atoms with Crippen LogP contribution in [0.5, 0.6) is 0 Å². The molecule has 102 valence electrons. The Morgan fingerprint density at radius 3 is 2.68 bits per heavy atom. The molecule has 0 aliphatic carbocycles. The Bertz CT molecular complexity index is 696. The van der Waals surface area contributed by atoms with Gasteiger partial charge in [0.05, 0.1) is 15.6 Å². The fourth-order valence-electron chi connectivity index (χ4n) is 1.58. The van der Waals surface area contributed by atoms with Crippen molar-refractivity contribution in [1.29, 1.82) is 0 Å². The molecule has 0 aliphatic rings. The molecule has 0 unspecified atom stereocenters. The van der Waals surface area contributed by atoms with Crippen molar-refractivity contribution in [2.45, 2.75) is 18.4 Å². The zero-order chi connectivity index (χ0) is 14.0. The van der Waals surface area contributed by atoms with Crippen molar-refractivity contribution in [3.05, 3.63) is 45.1 Å². The second kappa shape index (κ2) is 5.50. The second-order valence-electron chi connectivity index (χ2n) is 4.07. The van der Waals surface area contributed by atoms with Crippen LogP contribution >= 0.6 is 22.9 Å². The summed E-state index contributed by atoms with van der Waals surface area (Å²) in [6.07, 6.45) is 0. The van der Waals surface area contributed by atoms with Crippen LogP contribution in [-0.2, 0) is 16.6 Å². The van der Waals surface area contributed by atoms with Crippen LogP contribution in [-0.4, -0.2) is 8.42 Å². The number of nitrogens with two attached hydrogens (primary N) is 1. The van der Waals surface area contributed by atoms with Crippen molar-refractivity contribution < 1.29 is 8.42 Å². The standard InChI is InChI=1S/C12H13ClN2O2S2/c1-8-4-5-18-12(8)7-15-11-6-9(19(14,16)17)2-3-10(11)13/h2-6,15H,7H2,1H3,(H2,14,16,17). The number of hydrogen-bond acceptors (Lipinski definition) is 4. The number of sulfonamides is 1. The third-order valence-electron chi connectivity index (χ3n) is 2.67. The monoisotopic (exact) mass is 316 g/mol. The van der Waals surface area contributed by atoms with Gasteiger partial charge in [0.1, 0.15) is 0 Å². The number of thiophene rings is 1. The van der Waals surface area contributed by atoms with E-state index in [9.17, 15) is 8.42 Å². The second-order valence-corrected chi connectivity index (χ2v) is 7.04. The lowest BCUT2D eigenvalue weighted by atomic mass is 10.2. The van der Waals surface area contributed by atoms with E-state index in [1.165, 1.54) is 28.6 Å². The lowest BCUT2D eigenvalue weighted by Gasteiger charge is -2.09. The summed E-state index contributed by atoms with van der Waals surface area (Å²) in [6, 6.07) is 6.38. The van der Waals surface area contributed by atoms with Gasteiger partial charge in [-0.25, -0.2) is 13.6 Å². The van der Waals surface area contributed by atoms with Gasteiger partial charge in [-0.2, -0.15) is 0 Å². The topological polar surface area (TPSA) is 72.2 Å². The van der Waals surface area contributed by atoms with Gasteiger partial charge in [-0.05, 0) is 42.1 Å². The first-order chi connectivity index (χ1) is 8.88. The minimum absolute atomic E-state index is 0.0438. The van der Waals surface area contributed by atoms with E-state index >= 15 is 0 Å². The van der Waals surface area contributed by atoms with Crippen LogP contribution in [0.25, 0.3) is 0 Å². The molecule has 1 aromatic carbocycles. The minimum atomic E-state index is -3.72. The third kappa shape index (κ3) is 3.48. The molecule has 1 heterocycles. The van der Waals surface area contributed by atoms with Gasteiger partial charge in [-0.1, -0.05) is 11.6 Å². The van der Waals surface area contributed by atoms with E-state index in [1.54, 1.807) is 11.3 Å². The van der Waals surface area contributed by atoms with Crippen molar-refractivity contribution in [3.63, 3.8) is 0 Å². The predicted octanol–water partition coefficient (Wildman–Crippen LogP) is 2.97. The summed E-state index contributed by atoms with van der Waals surface area (Å²) < 4.78 is 22.6. The first-order valence-electron chi connectivity index (χ1n) is 5.47. The quantitative estimate of drug-likeness (QED) is 0.911. The molecule has 4 nitrogen and oxygen atoms in total. The van der Waals surface area contributed by atoms with E-state index < -0.39 is 10.0 Å². The molecule has 0 atom stereocenters. The summed E-state index contributed by atoms with van der Waals surface area (Å²) >= 11 is 7.67. The summed E-state index contributed by atoms with van der Waals surface area (Å²) in [6.45, 7) is 2.62. The van der Waals surface area contributed by atoms with Crippen molar-refractivity contribution in [1.82, 2.24) is 0 Å². The van der Waals surface area contributed by atoms with Crippen molar-refractivity contribution in [2.75, 3.05) is 5.32 Å². The van der Waals surface area contributed by atoms with E-state index in [0.717, 1.165) is 0 Å². The fraction of sp³-hybridized carbons (Fsp3) is 0.167. The molecular formula is C12H13ClN2O2S2. The molecule has 19 heavy (non-hydrogen) atoms. The van der Waals surface area contributed by atoms with Crippen LogP contribution in [0.4, 0.5) is 5.69 Å². The molecule has 3 N–H and O–H groups in total. The molecule has 2 rings (SSSR count). The van der Waals surface area contributed by atoms with Crippen molar-refractivity contribution >= 4 is 38.6 Å². The summed E-state index contributed by atoms with van der Waals surface area (Å²) in [4.78, 5) is 1.22. The van der Waals surface area contributed by atoms with E-state index in [-0.39, 0.29) is 4.90 Å². The van der Waals surface area contributed by atoms with E-state index in [4.69, 9.17) is 16.7 Å². The molecule has 0 bridgehead atoms. The summed E-state index contributed by atoms with van der Waals surface area (Å²) in [5, 5.41) is 10.7.